The van der Waals surface area contributed by atoms with Crippen molar-refractivity contribution in [3.05, 3.63) is 23.8 Å². The molecule has 0 heterocycles. The molecule has 0 fully saturated rings. The van der Waals surface area contributed by atoms with Gasteiger partial charge >= 0.3 is 13.2 Å². The summed E-state index contributed by atoms with van der Waals surface area (Å²) in [6.45, 7) is -6.30. The molecule has 0 radical (unpaired) electrons. The van der Waals surface area contributed by atoms with Crippen LogP contribution >= 0.6 is 0 Å². The predicted molar refractivity (Wildman–Crippen MR) is 49.0 cm³/mol. The Labute approximate surface area is 94.2 Å². The van der Waals surface area contributed by atoms with Gasteiger partial charge in [0.1, 0.15) is 0 Å². The van der Waals surface area contributed by atoms with Gasteiger partial charge in [-0.05, 0) is 17.7 Å². The lowest BCUT2D eigenvalue weighted by molar-refractivity contribution is -0.0692. The highest BCUT2D eigenvalue weighted by Crippen LogP contribution is 2.31. The van der Waals surface area contributed by atoms with E-state index in [4.69, 9.17) is 5.26 Å². The van der Waals surface area contributed by atoms with Gasteiger partial charge in [-0.1, -0.05) is 6.07 Å². The Bertz CT molecular complexity index is 417. The molecule has 0 aliphatic carbocycles. The molecule has 92 valence electrons. The van der Waals surface area contributed by atoms with E-state index in [9.17, 15) is 17.6 Å². The van der Waals surface area contributed by atoms with Crippen LogP contribution in [0.1, 0.15) is 5.56 Å². The number of hydrogen-bond donors (Lipinski definition) is 0. The zero-order valence-electron chi connectivity index (χ0n) is 8.37. The molecular formula is C10H7F4NO2. The van der Waals surface area contributed by atoms with Gasteiger partial charge in [0.2, 0.25) is 0 Å². The lowest BCUT2D eigenvalue weighted by Gasteiger charge is -2.12. The van der Waals surface area contributed by atoms with Crippen LogP contribution in [0.25, 0.3) is 0 Å². The predicted octanol–water partition coefficient (Wildman–Crippen LogP) is 2.96. The summed E-state index contributed by atoms with van der Waals surface area (Å²) in [5.74, 6) is -1.02. The number of alkyl halides is 4. The van der Waals surface area contributed by atoms with E-state index in [1.807, 2.05) is 0 Å². The summed E-state index contributed by atoms with van der Waals surface area (Å²) >= 11 is 0. The van der Waals surface area contributed by atoms with Crippen molar-refractivity contribution in [2.24, 2.45) is 0 Å². The summed E-state index contributed by atoms with van der Waals surface area (Å²) in [5.41, 5.74) is 0.366. The highest BCUT2D eigenvalue weighted by molar-refractivity contribution is 5.43. The number of nitriles is 1. The summed E-state index contributed by atoms with van der Waals surface area (Å²) in [7, 11) is 0. The van der Waals surface area contributed by atoms with E-state index in [0.29, 0.717) is 5.56 Å². The van der Waals surface area contributed by atoms with E-state index in [1.165, 1.54) is 6.07 Å². The first-order chi connectivity index (χ1) is 8.02. The molecule has 0 amide bonds. The standard InChI is InChI=1S/C10H7F4NO2/c11-9(12)16-7-2-1-6(3-4-15)5-8(7)17-10(13)14/h1-2,5,9-10H,3H2. The van der Waals surface area contributed by atoms with E-state index in [2.05, 4.69) is 9.47 Å². The first-order valence-electron chi connectivity index (χ1n) is 4.42. The minimum atomic E-state index is -3.16. The zero-order chi connectivity index (χ0) is 12.8. The van der Waals surface area contributed by atoms with E-state index in [0.717, 1.165) is 12.1 Å². The maximum Gasteiger partial charge on any atom is 0.387 e. The van der Waals surface area contributed by atoms with E-state index in [-0.39, 0.29) is 6.42 Å². The van der Waals surface area contributed by atoms with Crippen LogP contribution in [0.4, 0.5) is 17.6 Å². The Kier molecular flexibility index (Phi) is 4.57. The number of nitrogens with zero attached hydrogens (tertiary/aromatic N) is 1. The van der Waals surface area contributed by atoms with Crippen LogP contribution in [0.15, 0.2) is 18.2 Å². The van der Waals surface area contributed by atoms with Crippen molar-refractivity contribution in [3.63, 3.8) is 0 Å². The van der Waals surface area contributed by atoms with Crippen molar-refractivity contribution in [1.82, 2.24) is 0 Å². The van der Waals surface area contributed by atoms with Crippen LogP contribution in [-0.2, 0) is 6.42 Å². The monoisotopic (exact) mass is 249 g/mol. The van der Waals surface area contributed by atoms with Gasteiger partial charge in [-0.25, -0.2) is 0 Å². The molecule has 3 nitrogen and oxygen atoms in total. The van der Waals surface area contributed by atoms with Crippen molar-refractivity contribution < 1.29 is 27.0 Å². The van der Waals surface area contributed by atoms with Crippen molar-refractivity contribution in [2.45, 2.75) is 19.6 Å². The van der Waals surface area contributed by atoms with Crippen molar-refractivity contribution in [3.8, 4) is 17.6 Å². The normalized spacial score (nSPS) is 10.4. The Morgan fingerprint density at radius 1 is 1.06 bits per heavy atom. The Morgan fingerprint density at radius 3 is 2.18 bits per heavy atom. The summed E-state index contributed by atoms with van der Waals surface area (Å²) < 4.78 is 56.0. The Hall–Kier alpha value is -1.97. The lowest BCUT2D eigenvalue weighted by atomic mass is 10.1. The Morgan fingerprint density at radius 2 is 1.65 bits per heavy atom. The second-order valence-corrected chi connectivity index (χ2v) is 2.87. The van der Waals surface area contributed by atoms with Crippen LogP contribution in [-0.4, -0.2) is 13.2 Å². The molecule has 0 spiro atoms. The maximum atomic E-state index is 12.0. The lowest BCUT2D eigenvalue weighted by Crippen LogP contribution is -2.08. The second kappa shape index (κ2) is 5.94. The first kappa shape index (κ1) is 13.1. The van der Waals surface area contributed by atoms with E-state index < -0.39 is 24.7 Å². The van der Waals surface area contributed by atoms with E-state index >= 15 is 0 Å². The highest BCUT2D eigenvalue weighted by atomic mass is 19.3. The fourth-order valence-corrected chi connectivity index (χ4v) is 1.14. The number of hydrogen-bond acceptors (Lipinski definition) is 3. The molecule has 0 aliphatic heterocycles. The third-order valence-corrected chi connectivity index (χ3v) is 1.72. The summed E-state index contributed by atoms with van der Waals surface area (Å²) in [4.78, 5) is 0. The number of halogens is 4. The van der Waals surface area contributed by atoms with Crippen LogP contribution in [0.5, 0.6) is 11.5 Å². The number of ether oxygens (including phenoxy) is 2. The summed E-state index contributed by atoms with van der Waals surface area (Å²) in [6.07, 6.45) is -0.0471. The van der Waals surface area contributed by atoms with Gasteiger partial charge in [0.25, 0.3) is 0 Å². The molecule has 1 aromatic rings. The molecule has 7 heteroatoms. The molecule has 1 rings (SSSR count). The molecule has 0 saturated carbocycles. The highest BCUT2D eigenvalue weighted by Gasteiger charge is 2.15. The van der Waals surface area contributed by atoms with Gasteiger partial charge < -0.3 is 9.47 Å². The van der Waals surface area contributed by atoms with Crippen molar-refractivity contribution in [1.29, 1.82) is 5.26 Å². The molecule has 0 bridgehead atoms. The number of benzene rings is 1. The van der Waals surface area contributed by atoms with Crippen molar-refractivity contribution >= 4 is 0 Å². The molecule has 0 saturated heterocycles. The van der Waals surface area contributed by atoms with Gasteiger partial charge in [-0.3, -0.25) is 0 Å². The van der Waals surface area contributed by atoms with Gasteiger partial charge in [0.05, 0.1) is 12.5 Å². The molecule has 0 N–H and O–H groups in total. The quantitative estimate of drug-likeness (QED) is 0.753. The van der Waals surface area contributed by atoms with Gasteiger partial charge in [-0.15, -0.1) is 0 Å². The average Bonchev–Trinajstić information content (AvgIpc) is 2.21. The SMILES string of the molecule is N#CCc1ccc(OC(F)F)c(OC(F)F)c1. The molecule has 0 aromatic heterocycles. The molecule has 0 unspecified atom stereocenters. The third kappa shape index (κ3) is 4.18. The topological polar surface area (TPSA) is 42.2 Å². The molecular weight excluding hydrogens is 242 g/mol. The third-order valence-electron chi connectivity index (χ3n) is 1.72. The molecule has 1 aromatic carbocycles. The molecule has 17 heavy (non-hydrogen) atoms. The molecule has 0 atom stereocenters. The molecule has 0 aliphatic rings. The number of rotatable bonds is 5. The van der Waals surface area contributed by atoms with Crippen molar-refractivity contribution in [2.75, 3.05) is 0 Å². The maximum absolute atomic E-state index is 12.0. The fourth-order valence-electron chi connectivity index (χ4n) is 1.14. The minimum absolute atomic E-state index is 0.0471. The van der Waals surface area contributed by atoms with E-state index in [1.54, 1.807) is 6.07 Å². The van der Waals surface area contributed by atoms with Gasteiger partial charge in [0, 0.05) is 0 Å². The minimum Gasteiger partial charge on any atom is -0.431 e. The smallest absolute Gasteiger partial charge is 0.387 e. The van der Waals surface area contributed by atoms with Crippen LogP contribution in [0.2, 0.25) is 0 Å². The summed E-state index contributed by atoms with van der Waals surface area (Å²) in [6, 6.07) is 5.23. The average molecular weight is 249 g/mol. The van der Waals surface area contributed by atoms with Crippen LogP contribution in [0, 0.1) is 11.3 Å². The van der Waals surface area contributed by atoms with Gasteiger partial charge in [0.15, 0.2) is 11.5 Å². The zero-order valence-corrected chi connectivity index (χ0v) is 8.37. The summed E-state index contributed by atoms with van der Waals surface area (Å²) in [5, 5.41) is 8.42. The first-order valence-corrected chi connectivity index (χ1v) is 4.42. The second-order valence-electron chi connectivity index (χ2n) is 2.87. The van der Waals surface area contributed by atoms with Crippen LogP contribution in [0.3, 0.4) is 0 Å². The largest absolute Gasteiger partial charge is 0.431 e. The fraction of sp³-hybridized carbons (Fsp3) is 0.300. The van der Waals surface area contributed by atoms with Crippen LogP contribution < -0.4 is 9.47 Å². The Balaban J connectivity index is 2.99. The van der Waals surface area contributed by atoms with Gasteiger partial charge in [-0.2, -0.15) is 22.8 Å².